The maximum atomic E-state index is 15.2. The summed E-state index contributed by atoms with van der Waals surface area (Å²) in [5.74, 6) is -0.750. The van der Waals surface area contributed by atoms with Crippen molar-refractivity contribution < 1.29 is 9.13 Å². The number of hydrogen-bond acceptors (Lipinski definition) is 6. The minimum absolute atomic E-state index is 0.0315. The highest BCUT2D eigenvalue weighted by Gasteiger charge is 2.30. The van der Waals surface area contributed by atoms with E-state index in [-0.39, 0.29) is 41.2 Å². The fourth-order valence-corrected chi connectivity index (χ4v) is 6.15. The van der Waals surface area contributed by atoms with Gasteiger partial charge < -0.3 is 37.6 Å². The van der Waals surface area contributed by atoms with Gasteiger partial charge in [0.15, 0.2) is 17.7 Å². The van der Waals surface area contributed by atoms with Crippen LogP contribution in [0.15, 0.2) is 53.5 Å². The molecule has 46 heavy (non-hydrogen) atoms. The lowest BCUT2D eigenvalue weighted by molar-refractivity contribution is -0.0635. The molecule has 3 heterocycles. The van der Waals surface area contributed by atoms with Crippen molar-refractivity contribution in [3.63, 3.8) is 0 Å². The van der Waals surface area contributed by atoms with Gasteiger partial charge in [0, 0.05) is 35.8 Å². The summed E-state index contributed by atoms with van der Waals surface area (Å²) in [7, 11) is 0. The average Bonchev–Trinajstić information content (AvgIpc) is 3.40. The van der Waals surface area contributed by atoms with Crippen LogP contribution in [0.2, 0.25) is 5.02 Å². The number of rotatable bonds is 11. The molecular formula is C32H40ClFN10O2. The number of nitrogens with zero attached hydrogens (tertiary/aromatic N) is 2. The van der Waals surface area contributed by atoms with Crippen LogP contribution < -0.4 is 33.5 Å². The maximum absolute atomic E-state index is 15.2. The Bertz CT molecular complexity index is 1770. The van der Waals surface area contributed by atoms with Gasteiger partial charge in [0.1, 0.15) is 5.65 Å². The van der Waals surface area contributed by atoms with E-state index in [2.05, 4.69) is 20.6 Å². The highest BCUT2D eigenvalue weighted by Crippen LogP contribution is 2.34. The van der Waals surface area contributed by atoms with E-state index in [1.807, 2.05) is 31.2 Å². The molecule has 4 aromatic rings. The summed E-state index contributed by atoms with van der Waals surface area (Å²) in [5.41, 5.74) is 19.9. The summed E-state index contributed by atoms with van der Waals surface area (Å²) >= 11 is 6.25. The van der Waals surface area contributed by atoms with Crippen LogP contribution >= 0.6 is 11.6 Å². The second-order valence-corrected chi connectivity index (χ2v) is 12.3. The Morgan fingerprint density at radius 2 is 1.96 bits per heavy atom. The number of guanidine groups is 2. The van der Waals surface area contributed by atoms with Crippen LogP contribution in [0.3, 0.4) is 0 Å². The van der Waals surface area contributed by atoms with Crippen molar-refractivity contribution in [3.05, 3.63) is 81.1 Å². The Balaban J connectivity index is 1.37. The monoisotopic (exact) mass is 650 g/mol. The zero-order valence-electron chi connectivity index (χ0n) is 25.6. The van der Waals surface area contributed by atoms with Crippen molar-refractivity contribution >= 4 is 34.6 Å². The first kappa shape index (κ1) is 32.9. The van der Waals surface area contributed by atoms with Crippen LogP contribution in [0.5, 0.6) is 0 Å². The molecule has 14 heteroatoms. The minimum Gasteiger partial charge on any atom is -0.370 e. The third kappa shape index (κ3) is 8.03. The molecule has 0 spiro atoms. The van der Waals surface area contributed by atoms with Crippen molar-refractivity contribution in [1.82, 2.24) is 25.2 Å². The van der Waals surface area contributed by atoms with E-state index in [9.17, 15) is 4.79 Å². The zero-order valence-corrected chi connectivity index (χ0v) is 26.3. The fourth-order valence-electron chi connectivity index (χ4n) is 5.91. The molecular weight excluding hydrogens is 611 g/mol. The van der Waals surface area contributed by atoms with Crippen LogP contribution in [-0.2, 0) is 11.2 Å². The number of aromatic amines is 1. The van der Waals surface area contributed by atoms with Crippen LogP contribution in [0.4, 0.5) is 4.39 Å². The van der Waals surface area contributed by atoms with E-state index in [0.717, 1.165) is 24.0 Å². The maximum Gasteiger partial charge on any atom is 0.354 e. The van der Waals surface area contributed by atoms with Gasteiger partial charge in [-0.1, -0.05) is 23.7 Å². The number of H-pyrrole nitrogens is 1. The lowest BCUT2D eigenvalue weighted by Gasteiger charge is -2.36. The number of benzene rings is 2. The van der Waals surface area contributed by atoms with Gasteiger partial charge in [-0.2, -0.15) is 4.98 Å². The number of nitrogens with two attached hydrogens (primary N) is 3. The quantitative estimate of drug-likeness (QED) is 0.0882. The molecule has 0 radical (unpaired) electrons. The van der Waals surface area contributed by atoms with Gasteiger partial charge in [-0.15, -0.1) is 0 Å². The van der Waals surface area contributed by atoms with Crippen molar-refractivity contribution in [1.29, 1.82) is 10.8 Å². The standard InChI is InChI=1S/C32H40ClFN10O2/c1-17(35)3-2-4-18-11-24(28(34)25(33)12-18)26-13-20-16-44(32(45)43-29(20)42-26)22-7-5-19(6-8-22)27-15-21(41-31(38)39)14-23(46-27)9-10-40-30(36)37/h5-8,11-13,16-17,21,23,27H,2-4,9-10,14-15,35H2,1H3,(H4,36,37,40)(H4,38,39,41)(H,42,43,45)/t17-,21?,23-,27+/m0/s1. The molecule has 0 amide bonds. The van der Waals surface area contributed by atoms with Crippen LogP contribution in [0.1, 0.15) is 56.3 Å². The third-order valence-corrected chi connectivity index (χ3v) is 8.37. The molecule has 11 N–H and O–H groups in total. The Kier molecular flexibility index (Phi) is 10.2. The Labute approximate surface area is 270 Å². The number of aryl methyl sites for hydroxylation is 1. The summed E-state index contributed by atoms with van der Waals surface area (Å²) in [6.07, 6.45) is 5.55. The number of halogens is 2. The van der Waals surface area contributed by atoms with Gasteiger partial charge in [0.05, 0.1) is 28.6 Å². The van der Waals surface area contributed by atoms with Gasteiger partial charge in [0.2, 0.25) is 0 Å². The second-order valence-electron chi connectivity index (χ2n) is 11.9. The lowest BCUT2D eigenvalue weighted by Crippen LogP contribution is -2.46. The van der Waals surface area contributed by atoms with Crippen LogP contribution in [0.25, 0.3) is 28.0 Å². The predicted molar refractivity (Wildman–Crippen MR) is 179 cm³/mol. The van der Waals surface area contributed by atoms with Crippen molar-refractivity contribution in [2.75, 3.05) is 6.54 Å². The van der Waals surface area contributed by atoms with E-state index in [1.165, 1.54) is 4.57 Å². The number of fused-ring (bicyclic) bond motifs is 1. The first-order valence-electron chi connectivity index (χ1n) is 15.3. The SMILES string of the molecule is C[C@H](N)CCCc1cc(Cl)c(F)c(-c2cc3cn(-c4ccc([C@H]5CC(NC(=N)N)C[C@H](CCNC(=N)N)O5)cc4)c(=O)nc3[nH]2)c1. The van der Waals surface area contributed by atoms with Gasteiger partial charge in [0.25, 0.3) is 0 Å². The smallest absolute Gasteiger partial charge is 0.354 e. The summed E-state index contributed by atoms with van der Waals surface area (Å²) in [5, 5.41) is 21.5. The zero-order chi connectivity index (χ0) is 33.0. The lowest BCUT2D eigenvalue weighted by atomic mass is 9.93. The molecule has 1 saturated heterocycles. The Morgan fingerprint density at radius 1 is 1.20 bits per heavy atom. The van der Waals surface area contributed by atoms with E-state index < -0.39 is 11.5 Å². The molecule has 1 aliphatic rings. The van der Waals surface area contributed by atoms with Gasteiger partial charge in [-0.25, -0.2) is 9.18 Å². The molecule has 244 valence electrons. The average molecular weight is 651 g/mol. The molecule has 1 unspecified atom stereocenters. The van der Waals surface area contributed by atoms with E-state index in [1.54, 1.807) is 24.4 Å². The minimum atomic E-state index is -0.544. The Morgan fingerprint density at radius 3 is 2.65 bits per heavy atom. The first-order chi connectivity index (χ1) is 22.0. The normalized spacial score (nSPS) is 18.7. The van der Waals surface area contributed by atoms with Crippen molar-refractivity contribution in [3.8, 4) is 16.9 Å². The summed E-state index contributed by atoms with van der Waals surface area (Å²) in [6, 6.07) is 12.6. The molecule has 12 nitrogen and oxygen atoms in total. The third-order valence-electron chi connectivity index (χ3n) is 8.10. The summed E-state index contributed by atoms with van der Waals surface area (Å²) in [4.78, 5) is 20.4. The highest BCUT2D eigenvalue weighted by molar-refractivity contribution is 6.31. The Hall–Kier alpha value is -4.46. The number of nitrogens with one attached hydrogen (secondary N) is 5. The summed E-state index contributed by atoms with van der Waals surface area (Å²) in [6.45, 7) is 2.44. The number of ether oxygens (including phenoxy) is 1. The summed E-state index contributed by atoms with van der Waals surface area (Å²) < 4.78 is 23.0. The fraction of sp³-hybridized carbons (Fsp3) is 0.375. The van der Waals surface area contributed by atoms with Gasteiger partial charge in [-0.3, -0.25) is 15.4 Å². The molecule has 5 rings (SSSR count). The van der Waals surface area contributed by atoms with Crippen molar-refractivity contribution in [2.24, 2.45) is 17.2 Å². The molecule has 2 aromatic carbocycles. The predicted octanol–water partition coefficient (Wildman–Crippen LogP) is 3.79. The highest BCUT2D eigenvalue weighted by atomic mass is 35.5. The van der Waals surface area contributed by atoms with E-state index in [0.29, 0.717) is 60.2 Å². The van der Waals surface area contributed by atoms with E-state index in [4.69, 9.17) is 44.4 Å². The number of hydrogen-bond donors (Lipinski definition) is 8. The molecule has 2 aromatic heterocycles. The molecule has 1 fully saturated rings. The molecule has 1 aliphatic heterocycles. The van der Waals surface area contributed by atoms with Crippen LogP contribution in [0, 0.1) is 16.6 Å². The van der Waals surface area contributed by atoms with Gasteiger partial charge in [-0.05, 0) is 86.9 Å². The topological polar surface area (TPSA) is 210 Å². The molecule has 0 aliphatic carbocycles. The van der Waals surface area contributed by atoms with E-state index >= 15 is 4.39 Å². The second kappa shape index (κ2) is 14.3. The first-order valence-corrected chi connectivity index (χ1v) is 15.6. The largest absolute Gasteiger partial charge is 0.370 e. The number of aromatic nitrogens is 3. The molecule has 0 saturated carbocycles. The van der Waals surface area contributed by atoms with Crippen LogP contribution in [-0.4, -0.2) is 51.2 Å². The van der Waals surface area contributed by atoms with Gasteiger partial charge >= 0.3 is 5.69 Å². The molecule has 0 bridgehead atoms. The molecule has 4 atom stereocenters. The van der Waals surface area contributed by atoms with Crippen molar-refractivity contribution in [2.45, 2.75) is 69.7 Å².